The zero-order chi connectivity index (χ0) is 21.6. The van der Waals surface area contributed by atoms with Gasteiger partial charge in [0, 0.05) is 12.1 Å². The van der Waals surface area contributed by atoms with Gasteiger partial charge in [-0.3, -0.25) is 10.1 Å². The number of nitrogen functional groups attached to an aromatic ring is 1. The van der Waals surface area contributed by atoms with Gasteiger partial charge in [-0.05, 0) is 6.07 Å². The van der Waals surface area contributed by atoms with Crippen molar-refractivity contribution in [2.45, 2.75) is 0 Å². The predicted molar refractivity (Wildman–Crippen MR) is 90.9 cm³/mol. The summed E-state index contributed by atoms with van der Waals surface area (Å²) in [6.45, 7) is 0. The van der Waals surface area contributed by atoms with Crippen LogP contribution in [0.4, 0.5) is 20.2 Å². The summed E-state index contributed by atoms with van der Waals surface area (Å²) in [5, 5.41) is 27.5. The lowest BCUT2D eigenvalue weighted by atomic mass is 10.2. The zero-order valence-electron chi connectivity index (χ0n) is 14.4. The first kappa shape index (κ1) is 22.1. The SMILES string of the molecule is COc1cc(C(=O)O)c(F)cc1N.COc1cc(C(=O)O)c(F)cc1[N+](=O)[O-]. The molecule has 0 saturated heterocycles. The number of nitro benzene ring substituents is 1. The van der Waals surface area contributed by atoms with Gasteiger partial charge in [-0.2, -0.15) is 0 Å². The lowest BCUT2D eigenvalue weighted by molar-refractivity contribution is -0.385. The minimum Gasteiger partial charge on any atom is -0.495 e. The molecule has 0 aromatic heterocycles. The number of ether oxygens (including phenoxy) is 2. The molecule has 0 aliphatic heterocycles. The Balaban J connectivity index is 0.000000283. The normalized spacial score (nSPS) is 9.71. The van der Waals surface area contributed by atoms with Crippen LogP contribution < -0.4 is 15.2 Å². The number of nitrogens with zero attached hydrogens (tertiary/aromatic N) is 1. The van der Waals surface area contributed by atoms with Gasteiger partial charge in [-0.1, -0.05) is 0 Å². The molecule has 0 aliphatic rings. The number of halogens is 2. The van der Waals surface area contributed by atoms with Crippen molar-refractivity contribution in [3.8, 4) is 11.5 Å². The Hall–Kier alpha value is -3.96. The van der Waals surface area contributed by atoms with Gasteiger partial charge in [0.1, 0.15) is 17.4 Å². The molecule has 2 rings (SSSR count). The Morgan fingerprint density at radius 3 is 1.79 bits per heavy atom. The molecule has 0 radical (unpaired) electrons. The molecule has 0 fully saturated rings. The van der Waals surface area contributed by atoms with E-state index in [1.165, 1.54) is 7.11 Å². The number of benzene rings is 2. The summed E-state index contributed by atoms with van der Waals surface area (Å²) in [4.78, 5) is 30.5. The second-order valence-electron chi connectivity index (χ2n) is 4.95. The second-order valence-corrected chi connectivity index (χ2v) is 4.95. The van der Waals surface area contributed by atoms with Gasteiger partial charge < -0.3 is 25.4 Å². The molecule has 0 saturated carbocycles. The summed E-state index contributed by atoms with van der Waals surface area (Å²) in [7, 11) is 2.46. The maximum absolute atomic E-state index is 13.0. The number of aromatic carboxylic acids is 2. The van der Waals surface area contributed by atoms with E-state index in [9.17, 15) is 28.5 Å². The number of rotatable bonds is 5. The molecule has 0 unspecified atom stereocenters. The van der Waals surface area contributed by atoms with Crippen molar-refractivity contribution in [3.63, 3.8) is 0 Å². The van der Waals surface area contributed by atoms with E-state index in [1.807, 2.05) is 0 Å². The highest BCUT2D eigenvalue weighted by atomic mass is 19.1. The lowest BCUT2D eigenvalue weighted by Gasteiger charge is -2.05. The van der Waals surface area contributed by atoms with E-state index in [2.05, 4.69) is 4.74 Å². The van der Waals surface area contributed by atoms with Crippen LogP contribution in [0.25, 0.3) is 0 Å². The molecular weight excluding hydrogens is 386 g/mol. The molecule has 0 heterocycles. The Bertz CT molecular complexity index is 933. The molecule has 0 atom stereocenters. The lowest BCUT2D eigenvalue weighted by Crippen LogP contribution is -2.03. The van der Waals surface area contributed by atoms with Crippen molar-refractivity contribution in [3.05, 3.63) is 57.1 Å². The van der Waals surface area contributed by atoms with Crippen LogP contribution in [-0.2, 0) is 0 Å². The summed E-state index contributed by atoms with van der Waals surface area (Å²) in [6.07, 6.45) is 0. The average molecular weight is 400 g/mol. The van der Waals surface area contributed by atoms with Gasteiger partial charge in [0.05, 0.1) is 42.0 Å². The summed E-state index contributed by atoms with van der Waals surface area (Å²) in [5.41, 5.74) is 3.68. The third kappa shape index (κ3) is 5.03. The Labute approximate surface area is 155 Å². The summed E-state index contributed by atoms with van der Waals surface area (Å²) in [5.74, 6) is -5.05. The van der Waals surface area contributed by atoms with Crippen molar-refractivity contribution in [1.29, 1.82) is 0 Å². The quantitative estimate of drug-likeness (QED) is 0.389. The van der Waals surface area contributed by atoms with Crippen LogP contribution in [0.2, 0.25) is 0 Å². The molecule has 0 amide bonds. The highest BCUT2D eigenvalue weighted by Gasteiger charge is 2.22. The Morgan fingerprint density at radius 2 is 1.39 bits per heavy atom. The van der Waals surface area contributed by atoms with E-state index >= 15 is 0 Å². The van der Waals surface area contributed by atoms with Gasteiger partial charge >= 0.3 is 17.6 Å². The van der Waals surface area contributed by atoms with Gasteiger partial charge in [0.25, 0.3) is 0 Å². The molecular formula is C16H14F2N2O8. The number of nitrogens with two attached hydrogens (primary N) is 1. The van der Waals surface area contributed by atoms with Crippen LogP contribution in [0.5, 0.6) is 11.5 Å². The van der Waals surface area contributed by atoms with Crippen LogP contribution in [0, 0.1) is 21.7 Å². The van der Waals surface area contributed by atoms with E-state index in [0.29, 0.717) is 6.07 Å². The van der Waals surface area contributed by atoms with Crippen molar-refractivity contribution in [2.75, 3.05) is 20.0 Å². The van der Waals surface area contributed by atoms with Crippen molar-refractivity contribution < 1.29 is 43.0 Å². The molecule has 2 aromatic rings. The maximum atomic E-state index is 13.0. The van der Waals surface area contributed by atoms with E-state index in [4.69, 9.17) is 20.7 Å². The second kappa shape index (κ2) is 9.12. The fourth-order valence-corrected chi connectivity index (χ4v) is 1.92. The largest absolute Gasteiger partial charge is 0.495 e. The molecule has 0 aliphatic carbocycles. The smallest absolute Gasteiger partial charge is 0.338 e. The number of methoxy groups -OCH3 is 2. The molecule has 2 aromatic carbocycles. The van der Waals surface area contributed by atoms with Crippen molar-refractivity contribution in [2.24, 2.45) is 0 Å². The minimum absolute atomic E-state index is 0.0741. The zero-order valence-corrected chi connectivity index (χ0v) is 14.4. The highest BCUT2D eigenvalue weighted by Crippen LogP contribution is 2.29. The third-order valence-electron chi connectivity index (χ3n) is 3.25. The average Bonchev–Trinajstić information content (AvgIpc) is 2.61. The Morgan fingerprint density at radius 1 is 0.964 bits per heavy atom. The van der Waals surface area contributed by atoms with Crippen LogP contribution >= 0.6 is 0 Å². The maximum Gasteiger partial charge on any atom is 0.338 e. The first-order valence-electron chi connectivity index (χ1n) is 7.15. The molecule has 28 heavy (non-hydrogen) atoms. The van der Waals surface area contributed by atoms with Crippen LogP contribution in [0.1, 0.15) is 20.7 Å². The fourth-order valence-electron chi connectivity index (χ4n) is 1.92. The monoisotopic (exact) mass is 400 g/mol. The van der Waals surface area contributed by atoms with Crippen molar-refractivity contribution in [1.82, 2.24) is 0 Å². The van der Waals surface area contributed by atoms with Crippen molar-refractivity contribution >= 4 is 23.3 Å². The topological polar surface area (TPSA) is 162 Å². The van der Waals surface area contributed by atoms with Crippen LogP contribution in [-0.4, -0.2) is 41.3 Å². The van der Waals surface area contributed by atoms with E-state index < -0.39 is 45.3 Å². The molecule has 12 heteroatoms. The highest BCUT2D eigenvalue weighted by molar-refractivity contribution is 5.89. The molecule has 4 N–H and O–H groups in total. The summed E-state index contributed by atoms with van der Waals surface area (Å²) in [6, 6.07) is 3.26. The van der Waals surface area contributed by atoms with E-state index in [1.54, 1.807) is 0 Å². The summed E-state index contributed by atoms with van der Waals surface area (Å²) < 4.78 is 35.3. The minimum atomic E-state index is -1.51. The fraction of sp³-hybridized carbons (Fsp3) is 0.125. The first-order valence-corrected chi connectivity index (χ1v) is 7.15. The predicted octanol–water partition coefficient (Wildman–Crippen LogP) is 2.56. The van der Waals surface area contributed by atoms with Gasteiger partial charge in [-0.25, -0.2) is 18.4 Å². The number of nitro groups is 1. The van der Waals surface area contributed by atoms with Crippen LogP contribution in [0.15, 0.2) is 24.3 Å². The van der Waals surface area contributed by atoms with Gasteiger partial charge in [0.2, 0.25) is 0 Å². The number of anilines is 1. The Kier molecular flexibility index (Phi) is 7.19. The number of hydrogen-bond donors (Lipinski definition) is 3. The summed E-state index contributed by atoms with van der Waals surface area (Å²) >= 11 is 0. The molecule has 150 valence electrons. The number of carboxylic acid groups (broad SMARTS) is 2. The first-order chi connectivity index (χ1) is 13.0. The number of carbonyl (C=O) groups is 2. The van der Waals surface area contributed by atoms with Gasteiger partial charge in [0.15, 0.2) is 5.75 Å². The van der Waals surface area contributed by atoms with Gasteiger partial charge in [-0.15, -0.1) is 0 Å². The van der Waals surface area contributed by atoms with E-state index in [0.717, 1.165) is 25.3 Å². The number of hydrogen-bond acceptors (Lipinski definition) is 7. The standard InChI is InChI=1S/C8H6FNO5.C8H8FNO3/c1-15-7-2-4(8(11)12)5(9)3-6(7)10(13)14;1-13-7-2-4(8(11)12)5(9)3-6(7)10/h2-3H,1H3,(H,11,12);2-3H,10H2,1H3,(H,11,12). The third-order valence-corrected chi connectivity index (χ3v) is 3.25. The number of carboxylic acids is 2. The molecule has 10 nitrogen and oxygen atoms in total. The van der Waals surface area contributed by atoms with E-state index in [-0.39, 0.29) is 17.2 Å². The molecule has 0 spiro atoms. The molecule has 0 bridgehead atoms. The van der Waals surface area contributed by atoms with Crippen LogP contribution in [0.3, 0.4) is 0 Å².